The zero-order chi connectivity index (χ0) is 16.2. The summed E-state index contributed by atoms with van der Waals surface area (Å²) in [6.07, 6.45) is 0.606. The Morgan fingerprint density at radius 2 is 2.27 bits per heavy atom. The number of amides is 1. The first kappa shape index (κ1) is 17.1. The number of carbonyl (C=O) groups is 1. The van der Waals surface area contributed by atoms with Crippen LogP contribution in [0.2, 0.25) is 4.34 Å². The third-order valence-corrected chi connectivity index (χ3v) is 4.29. The molecule has 0 saturated heterocycles. The molecule has 0 spiro atoms. The topological polar surface area (TPSA) is 53.9 Å². The van der Waals surface area contributed by atoms with Gasteiger partial charge in [0.1, 0.15) is 11.4 Å². The third-order valence-electron chi connectivity index (χ3n) is 2.99. The fourth-order valence-electron chi connectivity index (χ4n) is 2.03. The van der Waals surface area contributed by atoms with E-state index in [0.29, 0.717) is 19.6 Å². The first-order valence-corrected chi connectivity index (χ1v) is 8.52. The van der Waals surface area contributed by atoms with E-state index < -0.39 is 5.60 Å². The lowest BCUT2D eigenvalue weighted by Gasteiger charge is -2.29. The van der Waals surface area contributed by atoms with Gasteiger partial charge in [0.25, 0.3) is 0 Å². The smallest absolute Gasteiger partial charge is 0.410 e. The SMILES string of the molecule is CC(C)(C)OC(=O)N1CCN=C(NCCc2ccc(Cl)s2)C1. The van der Waals surface area contributed by atoms with Gasteiger partial charge in [-0.1, -0.05) is 11.6 Å². The number of hydrogen-bond acceptors (Lipinski definition) is 5. The summed E-state index contributed by atoms with van der Waals surface area (Å²) in [6.45, 7) is 8.06. The van der Waals surface area contributed by atoms with Crippen LogP contribution in [0.1, 0.15) is 25.6 Å². The van der Waals surface area contributed by atoms with Crippen LogP contribution in [0.3, 0.4) is 0 Å². The number of amidine groups is 1. The molecule has 1 amide bonds. The number of rotatable bonds is 3. The molecule has 2 heterocycles. The molecule has 1 aromatic rings. The second-order valence-corrected chi connectivity index (χ2v) is 7.91. The normalized spacial score (nSPS) is 15.5. The molecule has 0 aliphatic carbocycles. The van der Waals surface area contributed by atoms with E-state index >= 15 is 0 Å². The molecular formula is C15H22ClN3O2S. The van der Waals surface area contributed by atoms with Crippen LogP contribution in [0.5, 0.6) is 0 Å². The van der Waals surface area contributed by atoms with Gasteiger partial charge in [-0.3, -0.25) is 9.89 Å². The summed E-state index contributed by atoms with van der Waals surface area (Å²) in [5.74, 6) is 0.833. The molecule has 0 atom stereocenters. The summed E-state index contributed by atoms with van der Waals surface area (Å²) in [6, 6.07) is 3.94. The van der Waals surface area contributed by atoms with Gasteiger partial charge in [0, 0.05) is 18.0 Å². The third kappa shape index (κ3) is 5.50. The van der Waals surface area contributed by atoms with Crippen molar-refractivity contribution in [3.8, 4) is 0 Å². The summed E-state index contributed by atoms with van der Waals surface area (Å²) < 4.78 is 6.20. The van der Waals surface area contributed by atoms with Crippen LogP contribution in [0, 0.1) is 0 Å². The Morgan fingerprint density at radius 3 is 2.91 bits per heavy atom. The molecular weight excluding hydrogens is 322 g/mol. The van der Waals surface area contributed by atoms with Gasteiger partial charge in [0.15, 0.2) is 0 Å². The van der Waals surface area contributed by atoms with Gasteiger partial charge >= 0.3 is 6.09 Å². The van der Waals surface area contributed by atoms with Crippen LogP contribution < -0.4 is 5.32 Å². The van der Waals surface area contributed by atoms with Gasteiger partial charge in [-0.15, -0.1) is 11.3 Å². The summed E-state index contributed by atoms with van der Waals surface area (Å²) >= 11 is 7.50. The second kappa shape index (κ2) is 7.33. The van der Waals surface area contributed by atoms with E-state index in [4.69, 9.17) is 16.3 Å². The van der Waals surface area contributed by atoms with Crippen LogP contribution in [-0.2, 0) is 11.2 Å². The Hall–Kier alpha value is -1.27. The Balaban J connectivity index is 1.78. The van der Waals surface area contributed by atoms with Crippen molar-refractivity contribution in [3.05, 3.63) is 21.3 Å². The first-order valence-electron chi connectivity index (χ1n) is 7.33. The Morgan fingerprint density at radius 1 is 1.50 bits per heavy atom. The fraction of sp³-hybridized carbons (Fsp3) is 0.600. The molecule has 1 aliphatic rings. The van der Waals surface area contributed by atoms with Crippen LogP contribution in [0.4, 0.5) is 4.79 Å². The number of nitrogens with one attached hydrogen (secondary N) is 1. The van der Waals surface area contributed by atoms with Crippen LogP contribution in [0.25, 0.3) is 0 Å². The maximum Gasteiger partial charge on any atom is 0.410 e. The summed E-state index contributed by atoms with van der Waals surface area (Å²) in [4.78, 5) is 19.4. The van der Waals surface area contributed by atoms with Gasteiger partial charge in [0.2, 0.25) is 0 Å². The molecule has 0 aromatic carbocycles. The predicted molar refractivity (Wildman–Crippen MR) is 91.1 cm³/mol. The Kier molecular flexibility index (Phi) is 5.69. The predicted octanol–water partition coefficient (Wildman–Crippen LogP) is 3.18. The largest absolute Gasteiger partial charge is 0.444 e. The van der Waals surface area contributed by atoms with E-state index in [2.05, 4.69) is 10.3 Å². The Labute approximate surface area is 140 Å². The van der Waals surface area contributed by atoms with Crippen molar-refractivity contribution >= 4 is 34.9 Å². The van der Waals surface area contributed by atoms with Crippen molar-refractivity contribution in [1.29, 1.82) is 0 Å². The van der Waals surface area contributed by atoms with Crippen LogP contribution in [0.15, 0.2) is 17.1 Å². The highest BCUT2D eigenvalue weighted by Crippen LogP contribution is 2.21. The van der Waals surface area contributed by atoms with E-state index in [-0.39, 0.29) is 6.09 Å². The van der Waals surface area contributed by atoms with Crippen molar-refractivity contribution in [2.24, 2.45) is 4.99 Å². The molecule has 5 nitrogen and oxygen atoms in total. The van der Waals surface area contributed by atoms with Gasteiger partial charge in [-0.2, -0.15) is 0 Å². The molecule has 7 heteroatoms. The van der Waals surface area contributed by atoms with E-state index in [1.54, 1.807) is 16.2 Å². The zero-order valence-corrected chi connectivity index (χ0v) is 14.8. The standard InChI is InChI=1S/C15H22ClN3O2S/c1-15(2,3)21-14(20)19-9-8-18-13(10-19)17-7-6-11-4-5-12(16)22-11/h4-5H,6-10H2,1-3H3,(H,17,18). The van der Waals surface area contributed by atoms with Crippen LogP contribution >= 0.6 is 22.9 Å². The zero-order valence-electron chi connectivity index (χ0n) is 13.2. The molecule has 0 saturated carbocycles. The lowest BCUT2D eigenvalue weighted by atomic mass is 10.2. The van der Waals surface area contributed by atoms with Gasteiger partial charge in [-0.25, -0.2) is 4.79 Å². The van der Waals surface area contributed by atoms with Crippen molar-refractivity contribution in [1.82, 2.24) is 10.2 Å². The van der Waals surface area contributed by atoms with Crippen molar-refractivity contribution in [2.45, 2.75) is 32.8 Å². The summed E-state index contributed by atoms with van der Waals surface area (Å²) in [5.41, 5.74) is -0.474. The second-order valence-electron chi connectivity index (χ2n) is 6.11. The van der Waals surface area contributed by atoms with E-state index in [9.17, 15) is 4.79 Å². The minimum absolute atomic E-state index is 0.285. The molecule has 2 rings (SSSR count). The monoisotopic (exact) mass is 343 g/mol. The molecule has 0 radical (unpaired) electrons. The highest BCUT2D eigenvalue weighted by molar-refractivity contribution is 7.16. The van der Waals surface area contributed by atoms with E-state index in [0.717, 1.165) is 23.1 Å². The number of nitrogens with zero attached hydrogens (tertiary/aromatic N) is 2. The number of carbonyl (C=O) groups excluding carboxylic acids is 1. The molecule has 0 unspecified atom stereocenters. The van der Waals surface area contributed by atoms with E-state index in [1.807, 2.05) is 32.9 Å². The number of thiophene rings is 1. The summed E-state index contributed by atoms with van der Waals surface area (Å²) in [5, 5.41) is 3.29. The van der Waals surface area contributed by atoms with Gasteiger partial charge < -0.3 is 10.1 Å². The average molecular weight is 344 g/mol. The molecule has 0 bridgehead atoms. The minimum atomic E-state index is -0.474. The molecule has 1 aromatic heterocycles. The Bertz CT molecular complexity index is 551. The number of aliphatic imine (C=N–C) groups is 1. The first-order chi connectivity index (χ1) is 10.3. The van der Waals surface area contributed by atoms with Gasteiger partial charge in [0.05, 0.1) is 17.4 Å². The lowest BCUT2D eigenvalue weighted by molar-refractivity contribution is 0.0276. The quantitative estimate of drug-likeness (QED) is 0.917. The molecule has 1 aliphatic heterocycles. The number of halogens is 1. The van der Waals surface area contributed by atoms with Gasteiger partial charge in [-0.05, 0) is 39.3 Å². The maximum atomic E-state index is 12.1. The van der Waals surface area contributed by atoms with E-state index in [1.165, 1.54) is 4.88 Å². The minimum Gasteiger partial charge on any atom is -0.444 e. The van der Waals surface area contributed by atoms with Crippen molar-refractivity contribution in [2.75, 3.05) is 26.2 Å². The number of ether oxygens (including phenoxy) is 1. The molecule has 0 fully saturated rings. The molecule has 22 heavy (non-hydrogen) atoms. The highest BCUT2D eigenvalue weighted by Gasteiger charge is 2.24. The fourth-order valence-corrected chi connectivity index (χ4v) is 3.11. The number of hydrogen-bond donors (Lipinski definition) is 1. The summed E-state index contributed by atoms with van der Waals surface area (Å²) in [7, 11) is 0. The molecule has 122 valence electrons. The highest BCUT2D eigenvalue weighted by atomic mass is 35.5. The van der Waals surface area contributed by atoms with Crippen LogP contribution in [-0.4, -0.2) is 48.6 Å². The lowest BCUT2D eigenvalue weighted by Crippen LogP contribution is -2.47. The molecule has 1 N–H and O–H groups in total. The van der Waals surface area contributed by atoms with Crippen molar-refractivity contribution in [3.63, 3.8) is 0 Å². The van der Waals surface area contributed by atoms with Crippen molar-refractivity contribution < 1.29 is 9.53 Å². The maximum absolute atomic E-state index is 12.1. The average Bonchev–Trinajstić information content (AvgIpc) is 2.83.